The number of hydrogen-bond donors (Lipinski definition) is 0. The summed E-state index contributed by atoms with van der Waals surface area (Å²) in [5.41, 5.74) is 0. The third kappa shape index (κ3) is 4.69. The summed E-state index contributed by atoms with van der Waals surface area (Å²) in [4.78, 5) is 17.4. The van der Waals surface area contributed by atoms with E-state index in [0.717, 1.165) is 17.8 Å². The molecule has 0 aliphatic rings. The van der Waals surface area contributed by atoms with Crippen molar-refractivity contribution in [3.8, 4) is 0 Å². The Labute approximate surface area is 110 Å². The molecule has 0 bridgehead atoms. The van der Waals surface area contributed by atoms with E-state index in [9.17, 15) is 18.0 Å². The van der Waals surface area contributed by atoms with Crippen molar-refractivity contribution in [3.63, 3.8) is 0 Å². The molecule has 1 aromatic heterocycles. The van der Waals surface area contributed by atoms with Crippen LogP contribution in [0.5, 0.6) is 0 Å². The Morgan fingerprint density at radius 3 is 2.72 bits per heavy atom. The van der Waals surface area contributed by atoms with E-state index in [4.69, 9.17) is 11.6 Å². The average molecular weight is 301 g/mol. The van der Waals surface area contributed by atoms with Crippen LogP contribution in [0, 0.1) is 0 Å². The van der Waals surface area contributed by atoms with Gasteiger partial charge in [-0.1, -0.05) is 23.4 Å². The molecule has 1 rings (SSSR count). The molecule has 0 radical (unpaired) electrons. The predicted molar refractivity (Wildman–Crippen MR) is 59.4 cm³/mol. The van der Waals surface area contributed by atoms with Crippen LogP contribution in [0.2, 0.25) is 5.15 Å². The van der Waals surface area contributed by atoms with Crippen LogP contribution in [-0.2, 0) is 15.7 Å². The zero-order valence-corrected chi connectivity index (χ0v) is 10.7. The molecule has 0 saturated carbocycles. The summed E-state index contributed by atoms with van der Waals surface area (Å²) < 4.78 is 41.8. The lowest BCUT2D eigenvalue weighted by atomic mass is 10.5. The van der Waals surface area contributed by atoms with E-state index in [0.29, 0.717) is 0 Å². The molecule has 0 atom stereocenters. The second-order valence-corrected chi connectivity index (χ2v) is 4.33. The van der Waals surface area contributed by atoms with Gasteiger partial charge in [-0.15, -0.1) is 0 Å². The Kier molecular flexibility index (Phi) is 5.21. The molecule has 0 aliphatic heterocycles. The first-order valence-corrected chi connectivity index (χ1v) is 6.09. The van der Waals surface area contributed by atoms with E-state index in [1.165, 1.54) is 0 Å². The highest BCUT2D eigenvalue weighted by Gasteiger charge is 2.35. The van der Waals surface area contributed by atoms with Crippen LogP contribution in [-0.4, -0.2) is 28.3 Å². The number of aromatic nitrogens is 2. The number of thioether (sulfide) groups is 1. The lowest BCUT2D eigenvalue weighted by Gasteiger charge is -2.07. The molecule has 0 spiro atoms. The fraction of sp³-hybridized carbons (Fsp3) is 0.444. The van der Waals surface area contributed by atoms with Gasteiger partial charge in [0.25, 0.3) is 0 Å². The fourth-order valence-electron chi connectivity index (χ4n) is 0.933. The standard InChI is InChI=1S/C9H8ClF3N2O2S/c1-2-17-7(16)4-18-6-3-5(10)14-8(15-6)9(11,12)13/h3H,2,4H2,1H3. The summed E-state index contributed by atoms with van der Waals surface area (Å²) in [6, 6.07) is 1.15. The van der Waals surface area contributed by atoms with Gasteiger partial charge < -0.3 is 4.74 Å². The van der Waals surface area contributed by atoms with E-state index in [-0.39, 0.29) is 22.5 Å². The van der Waals surface area contributed by atoms with Crippen molar-refractivity contribution < 1.29 is 22.7 Å². The molecule has 9 heteroatoms. The van der Waals surface area contributed by atoms with Gasteiger partial charge in [0.1, 0.15) is 10.2 Å². The summed E-state index contributed by atoms with van der Waals surface area (Å²) in [6.45, 7) is 1.84. The molecular formula is C9H8ClF3N2O2S. The molecule has 4 nitrogen and oxygen atoms in total. The number of ether oxygens (including phenoxy) is 1. The van der Waals surface area contributed by atoms with Crippen LogP contribution in [0.15, 0.2) is 11.1 Å². The molecule has 1 heterocycles. The van der Waals surface area contributed by atoms with Crippen molar-refractivity contribution in [2.75, 3.05) is 12.4 Å². The molecule has 0 amide bonds. The molecule has 0 aliphatic carbocycles. The molecule has 0 saturated heterocycles. The van der Waals surface area contributed by atoms with E-state index >= 15 is 0 Å². The van der Waals surface area contributed by atoms with Gasteiger partial charge in [-0.2, -0.15) is 13.2 Å². The highest BCUT2D eigenvalue weighted by molar-refractivity contribution is 7.99. The molecule has 1 aromatic rings. The minimum absolute atomic E-state index is 0.0321. The van der Waals surface area contributed by atoms with Gasteiger partial charge in [0, 0.05) is 6.07 Å². The van der Waals surface area contributed by atoms with Crippen molar-refractivity contribution in [2.24, 2.45) is 0 Å². The van der Waals surface area contributed by atoms with Crippen molar-refractivity contribution in [2.45, 2.75) is 18.1 Å². The van der Waals surface area contributed by atoms with Crippen molar-refractivity contribution in [3.05, 3.63) is 17.0 Å². The van der Waals surface area contributed by atoms with E-state index in [2.05, 4.69) is 14.7 Å². The Bertz CT molecular complexity index is 442. The highest BCUT2D eigenvalue weighted by atomic mass is 35.5. The van der Waals surface area contributed by atoms with Gasteiger partial charge in [0.15, 0.2) is 0 Å². The second-order valence-electron chi connectivity index (χ2n) is 2.94. The van der Waals surface area contributed by atoms with Crippen molar-refractivity contribution in [1.29, 1.82) is 0 Å². The monoisotopic (exact) mass is 300 g/mol. The molecule has 100 valence electrons. The first-order valence-electron chi connectivity index (χ1n) is 4.73. The molecule has 0 unspecified atom stereocenters. The van der Waals surface area contributed by atoms with E-state index in [1.54, 1.807) is 6.92 Å². The summed E-state index contributed by atoms with van der Waals surface area (Å²) in [5.74, 6) is -2.01. The highest BCUT2D eigenvalue weighted by Crippen LogP contribution is 2.29. The number of esters is 1. The van der Waals surface area contributed by atoms with Gasteiger partial charge in [-0.05, 0) is 6.92 Å². The Hall–Kier alpha value is -1.02. The maximum atomic E-state index is 12.4. The Morgan fingerprint density at radius 1 is 1.50 bits per heavy atom. The van der Waals surface area contributed by atoms with Crippen LogP contribution >= 0.6 is 23.4 Å². The van der Waals surface area contributed by atoms with Gasteiger partial charge >= 0.3 is 12.1 Å². The minimum Gasteiger partial charge on any atom is -0.465 e. The van der Waals surface area contributed by atoms with Crippen LogP contribution in [0.1, 0.15) is 12.7 Å². The largest absolute Gasteiger partial charge is 0.465 e. The van der Waals surface area contributed by atoms with Crippen molar-refractivity contribution in [1.82, 2.24) is 9.97 Å². The lowest BCUT2D eigenvalue weighted by Crippen LogP contribution is -2.12. The topological polar surface area (TPSA) is 52.1 Å². The number of nitrogens with zero attached hydrogens (tertiary/aromatic N) is 2. The van der Waals surface area contributed by atoms with Gasteiger partial charge in [0.05, 0.1) is 12.4 Å². The van der Waals surface area contributed by atoms with Crippen molar-refractivity contribution >= 4 is 29.3 Å². The number of alkyl halides is 3. The number of carbonyl (C=O) groups is 1. The first kappa shape index (κ1) is 15.0. The number of rotatable bonds is 4. The second kappa shape index (κ2) is 6.24. The smallest absolute Gasteiger partial charge is 0.451 e. The maximum Gasteiger partial charge on any atom is 0.451 e. The molecule has 0 N–H and O–H groups in total. The molecular weight excluding hydrogens is 293 g/mol. The zero-order valence-electron chi connectivity index (χ0n) is 9.12. The van der Waals surface area contributed by atoms with Gasteiger partial charge in [-0.3, -0.25) is 4.79 Å². The van der Waals surface area contributed by atoms with E-state index in [1.807, 2.05) is 0 Å². The quantitative estimate of drug-likeness (QED) is 0.486. The summed E-state index contributed by atoms with van der Waals surface area (Å²) in [6.07, 6.45) is -4.68. The summed E-state index contributed by atoms with van der Waals surface area (Å²) in [5, 5.41) is -0.362. The zero-order chi connectivity index (χ0) is 13.8. The lowest BCUT2D eigenvalue weighted by molar-refractivity contribution is -0.145. The first-order chi connectivity index (χ1) is 8.32. The molecule has 0 aromatic carbocycles. The SMILES string of the molecule is CCOC(=O)CSc1cc(Cl)nc(C(F)(F)F)n1. The van der Waals surface area contributed by atoms with Crippen LogP contribution in [0.25, 0.3) is 0 Å². The Morgan fingerprint density at radius 2 is 2.17 bits per heavy atom. The third-order valence-corrected chi connectivity index (χ3v) is 2.65. The van der Waals surface area contributed by atoms with Crippen LogP contribution in [0.4, 0.5) is 13.2 Å². The normalized spacial score (nSPS) is 11.4. The third-order valence-electron chi connectivity index (χ3n) is 1.57. The average Bonchev–Trinajstić information content (AvgIpc) is 2.25. The molecule has 0 fully saturated rings. The predicted octanol–water partition coefficient (Wildman–Crippen LogP) is 2.80. The van der Waals surface area contributed by atoms with Crippen LogP contribution < -0.4 is 0 Å². The Balaban J connectivity index is 2.78. The minimum atomic E-state index is -4.68. The fourth-order valence-corrected chi connectivity index (χ4v) is 1.88. The van der Waals surface area contributed by atoms with Gasteiger partial charge in [0.2, 0.25) is 5.82 Å². The van der Waals surface area contributed by atoms with Crippen LogP contribution in [0.3, 0.4) is 0 Å². The summed E-state index contributed by atoms with van der Waals surface area (Å²) in [7, 11) is 0. The number of halogens is 4. The van der Waals surface area contributed by atoms with E-state index < -0.39 is 18.0 Å². The van der Waals surface area contributed by atoms with Gasteiger partial charge in [-0.25, -0.2) is 9.97 Å². The number of carbonyl (C=O) groups excluding carboxylic acids is 1. The molecule has 18 heavy (non-hydrogen) atoms. The maximum absolute atomic E-state index is 12.4. The summed E-state index contributed by atoms with van der Waals surface area (Å²) >= 11 is 6.25. The number of hydrogen-bond acceptors (Lipinski definition) is 5.